The Bertz CT molecular complexity index is 915. The standard InChI is InChI=1S/C16H16IN4O2P.2C2H6/c1-3-14-12-9-11(5-6-15(12)21(19-14)24-17)13-10-18-20(2)16(13)23-8-4-7-22;2*1-2/h1,5-6,9-10,22,24H,4,7-8H2,2H3;2*1-2H3. The summed E-state index contributed by atoms with van der Waals surface area (Å²) in [6.07, 6.45) is 8.44. The summed E-state index contributed by atoms with van der Waals surface area (Å²) >= 11 is 2.28. The lowest BCUT2D eigenvalue weighted by molar-refractivity contribution is 0.224. The molecule has 0 aliphatic carbocycles. The lowest BCUT2D eigenvalue weighted by Crippen LogP contribution is -2.04. The summed E-state index contributed by atoms with van der Waals surface area (Å²) in [6.45, 7) is 8.54. The topological polar surface area (TPSA) is 65.1 Å². The number of halogens is 1. The SMILES string of the molecule is C#Cc1nn(PI)c2ccc(-c3cnn(C)c3OCCCO)cc12.CC.CC. The average Bonchev–Trinajstić information content (AvgIpc) is 3.30. The normalized spacial score (nSPS) is 10.2. The third-order valence-corrected chi connectivity index (χ3v) is 5.51. The van der Waals surface area contributed by atoms with Crippen molar-refractivity contribution in [3.8, 4) is 29.4 Å². The van der Waals surface area contributed by atoms with Crippen LogP contribution in [0.15, 0.2) is 24.4 Å². The largest absolute Gasteiger partial charge is 0.477 e. The van der Waals surface area contributed by atoms with Gasteiger partial charge in [0.15, 0.2) is 0 Å². The molecule has 0 amide bonds. The van der Waals surface area contributed by atoms with Crippen LogP contribution in [-0.2, 0) is 7.05 Å². The van der Waals surface area contributed by atoms with E-state index < -0.39 is 0 Å². The fraction of sp³-hybridized carbons (Fsp3) is 0.400. The zero-order valence-electron chi connectivity index (χ0n) is 17.0. The van der Waals surface area contributed by atoms with Crippen LogP contribution in [0.25, 0.3) is 22.0 Å². The highest BCUT2D eigenvalue weighted by atomic mass is 127. The number of hydrogen-bond donors (Lipinski definition) is 1. The summed E-state index contributed by atoms with van der Waals surface area (Å²) in [5.74, 6) is 3.33. The minimum Gasteiger partial charge on any atom is -0.477 e. The quantitative estimate of drug-likeness (QED) is 0.217. The summed E-state index contributed by atoms with van der Waals surface area (Å²) < 4.78 is 9.38. The molecule has 2 aromatic heterocycles. The highest BCUT2D eigenvalue weighted by molar-refractivity contribution is 14.2. The van der Waals surface area contributed by atoms with E-state index in [0.717, 1.165) is 22.0 Å². The van der Waals surface area contributed by atoms with E-state index in [2.05, 4.69) is 38.2 Å². The molecule has 152 valence electrons. The molecular weight excluding hydrogens is 486 g/mol. The molecular formula is C20H28IN4O2P. The van der Waals surface area contributed by atoms with E-state index >= 15 is 0 Å². The van der Waals surface area contributed by atoms with Crippen LogP contribution >= 0.6 is 28.4 Å². The van der Waals surface area contributed by atoms with Gasteiger partial charge in [-0.05, 0) is 45.7 Å². The molecule has 0 spiro atoms. The van der Waals surface area contributed by atoms with Crippen molar-refractivity contribution in [2.24, 2.45) is 7.05 Å². The smallest absolute Gasteiger partial charge is 0.219 e. The minimum atomic E-state index is 0.0982. The lowest BCUT2D eigenvalue weighted by atomic mass is 10.1. The first kappa shape index (κ1) is 24.4. The van der Waals surface area contributed by atoms with Gasteiger partial charge in [-0.2, -0.15) is 10.2 Å². The zero-order valence-corrected chi connectivity index (χ0v) is 20.2. The molecule has 1 aromatic carbocycles. The molecule has 6 nitrogen and oxygen atoms in total. The predicted molar refractivity (Wildman–Crippen MR) is 127 cm³/mol. The maximum atomic E-state index is 8.92. The summed E-state index contributed by atoms with van der Waals surface area (Å²) in [6, 6.07) is 6.07. The second-order valence-corrected chi connectivity index (χ2v) is 7.17. The van der Waals surface area contributed by atoms with E-state index in [0.29, 0.717) is 31.0 Å². The van der Waals surface area contributed by atoms with Gasteiger partial charge >= 0.3 is 0 Å². The van der Waals surface area contributed by atoms with E-state index in [-0.39, 0.29) is 6.61 Å². The van der Waals surface area contributed by atoms with Gasteiger partial charge in [-0.1, -0.05) is 33.8 Å². The molecule has 3 aromatic rings. The highest BCUT2D eigenvalue weighted by Gasteiger charge is 2.15. The van der Waals surface area contributed by atoms with Crippen LogP contribution < -0.4 is 4.74 Å². The van der Waals surface area contributed by atoms with Crippen LogP contribution in [-0.4, -0.2) is 37.7 Å². The molecule has 1 atom stereocenters. The molecule has 0 aliphatic rings. The van der Waals surface area contributed by atoms with Crippen LogP contribution in [0, 0.1) is 12.3 Å². The molecule has 28 heavy (non-hydrogen) atoms. The van der Waals surface area contributed by atoms with Gasteiger partial charge < -0.3 is 9.84 Å². The van der Waals surface area contributed by atoms with Crippen LogP contribution in [0.3, 0.4) is 0 Å². The second-order valence-electron chi connectivity index (χ2n) is 5.13. The van der Waals surface area contributed by atoms with Gasteiger partial charge in [0.1, 0.15) is 5.69 Å². The third-order valence-electron chi connectivity index (χ3n) is 3.63. The van der Waals surface area contributed by atoms with Crippen LogP contribution in [0.4, 0.5) is 0 Å². The van der Waals surface area contributed by atoms with Gasteiger partial charge in [-0.25, -0.2) is 9.13 Å². The summed E-state index contributed by atoms with van der Waals surface area (Å²) in [7, 11) is 1.83. The number of aliphatic hydroxyl groups is 1. The number of hydrogen-bond acceptors (Lipinski definition) is 4. The maximum absolute atomic E-state index is 8.92. The summed E-state index contributed by atoms with van der Waals surface area (Å²) in [5, 5.41) is 18.6. The third kappa shape index (κ3) is 5.47. The first-order valence-electron chi connectivity index (χ1n) is 9.31. The number of fused-ring (bicyclic) bond motifs is 1. The predicted octanol–water partition coefficient (Wildman–Crippen LogP) is 5.02. The Balaban J connectivity index is 0.000000921. The van der Waals surface area contributed by atoms with Crippen molar-refractivity contribution in [1.82, 2.24) is 19.3 Å². The van der Waals surface area contributed by atoms with Gasteiger partial charge in [0.25, 0.3) is 0 Å². The molecule has 1 unspecified atom stereocenters. The number of aliphatic hydroxyl groups excluding tert-OH is 1. The fourth-order valence-corrected chi connectivity index (χ4v) is 4.01. The Morgan fingerprint density at radius 2 is 2.00 bits per heavy atom. The van der Waals surface area contributed by atoms with E-state index in [1.807, 2.05) is 57.4 Å². The number of benzene rings is 1. The van der Waals surface area contributed by atoms with Crippen LogP contribution in [0.1, 0.15) is 39.8 Å². The van der Waals surface area contributed by atoms with E-state index in [4.69, 9.17) is 16.3 Å². The van der Waals surface area contributed by atoms with E-state index in [9.17, 15) is 0 Å². The molecule has 2 heterocycles. The van der Waals surface area contributed by atoms with Gasteiger partial charge in [-0.15, -0.1) is 6.42 Å². The minimum absolute atomic E-state index is 0.0982. The maximum Gasteiger partial charge on any atom is 0.219 e. The van der Waals surface area contributed by atoms with Crippen molar-refractivity contribution < 1.29 is 9.84 Å². The van der Waals surface area contributed by atoms with E-state index in [1.54, 1.807) is 10.9 Å². The monoisotopic (exact) mass is 514 g/mol. The molecule has 1 N–H and O–H groups in total. The highest BCUT2D eigenvalue weighted by Crippen LogP contribution is 2.35. The lowest BCUT2D eigenvalue weighted by Gasteiger charge is -2.08. The molecule has 0 saturated carbocycles. The van der Waals surface area contributed by atoms with Crippen molar-refractivity contribution in [1.29, 1.82) is 0 Å². The average molecular weight is 514 g/mol. The Morgan fingerprint density at radius 3 is 2.61 bits per heavy atom. The number of ether oxygens (including phenoxy) is 1. The first-order chi connectivity index (χ1) is 13.7. The molecule has 0 aliphatic heterocycles. The Labute approximate surface area is 182 Å². The van der Waals surface area contributed by atoms with E-state index in [1.165, 1.54) is 0 Å². The number of nitrogens with zero attached hydrogens (tertiary/aromatic N) is 4. The first-order valence-corrected chi connectivity index (χ1v) is 13.4. The van der Waals surface area contributed by atoms with Gasteiger partial charge in [0.2, 0.25) is 5.88 Å². The number of aryl methyl sites for hydroxylation is 1. The van der Waals surface area contributed by atoms with Crippen molar-refractivity contribution in [2.75, 3.05) is 13.2 Å². The second kappa shape index (κ2) is 12.8. The van der Waals surface area contributed by atoms with Gasteiger partial charge in [-0.3, -0.25) is 0 Å². The van der Waals surface area contributed by atoms with Crippen molar-refractivity contribution in [2.45, 2.75) is 34.1 Å². The number of terminal acetylenes is 1. The Kier molecular flexibility index (Phi) is 11.1. The van der Waals surface area contributed by atoms with Crippen molar-refractivity contribution >= 4 is 39.3 Å². The molecule has 0 bridgehead atoms. The fourth-order valence-electron chi connectivity index (χ4n) is 2.49. The Morgan fingerprint density at radius 1 is 1.29 bits per heavy atom. The number of aromatic nitrogens is 4. The molecule has 8 heteroatoms. The van der Waals surface area contributed by atoms with Crippen LogP contribution in [0.2, 0.25) is 0 Å². The Hall–Kier alpha value is -1.62. The van der Waals surface area contributed by atoms with Gasteiger partial charge in [0.05, 0.1) is 30.3 Å². The zero-order chi connectivity index (χ0) is 21.1. The summed E-state index contributed by atoms with van der Waals surface area (Å²) in [4.78, 5) is 0. The van der Waals surface area contributed by atoms with Gasteiger partial charge in [0, 0.05) is 25.5 Å². The van der Waals surface area contributed by atoms with Crippen molar-refractivity contribution in [3.63, 3.8) is 0 Å². The molecule has 0 radical (unpaired) electrons. The molecule has 0 fully saturated rings. The number of rotatable bonds is 6. The summed E-state index contributed by atoms with van der Waals surface area (Å²) in [5.41, 5.74) is 3.53. The van der Waals surface area contributed by atoms with Crippen molar-refractivity contribution in [3.05, 3.63) is 30.1 Å². The molecule has 3 rings (SSSR count). The molecule has 0 saturated heterocycles. The van der Waals surface area contributed by atoms with Crippen LogP contribution in [0.5, 0.6) is 5.88 Å².